The van der Waals surface area contributed by atoms with Gasteiger partial charge in [-0.2, -0.15) is 0 Å². The van der Waals surface area contributed by atoms with E-state index in [-0.39, 0.29) is 23.1 Å². The third-order valence-electron chi connectivity index (χ3n) is 13.4. The Kier molecular flexibility index (Phi) is 7.38. The molecule has 0 bridgehead atoms. The van der Waals surface area contributed by atoms with Gasteiger partial charge in [-0.15, -0.1) is 0 Å². The number of hydrogen-bond donors (Lipinski definition) is 0. The molecule has 0 spiro atoms. The predicted molar refractivity (Wildman–Crippen MR) is 248 cm³/mol. The van der Waals surface area contributed by atoms with Crippen LogP contribution in [0.25, 0.3) is 71.8 Å². The molecule has 10 rings (SSSR count). The fourth-order valence-electron chi connectivity index (χ4n) is 10.5. The molecule has 4 heterocycles. The van der Waals surface area contributed by atoms with Crippen molar-refractivity contribution < 1.29 is 0 Å². The molecule has 6 aromatic carbocycles. The molecular weight excluding hydrogens is 687 g/mol. The maximum Gasteiger partial charge on any atom is 0.332 e. The van der Waals surface area contributed by atoms with Crippen LogP contribution in [-0.4, -0.2) is 15.9 Å². The molecule has 0 saturated heterocycles. The Balaban J connectivity index is 1.37. The van der Waals surface area contributed by atoms with Crippen molar-refractivity contribution in [3.63, 3.8) is 0 Å². The van der Waals surface area contributed by atoms with Crippen LogP contribution in [0.5, 0.6) is 0 Å². The second kappa shape index (κ2) is 11.7. The van der Waals surface area contributed by atoms with Gasteiger partial charge in [-0.05, 0) is 141 Å². The summed E-state index contributed by atoms with van der Waals surface area (Å²) >= 11 is 0. The molecule has 2 aliphatic heterocycles. The molecule has 0 fully saturated rings. The van der Waals surface area contributed by atoms with Crippen LogP contribution in [0.3, 0.4) is 0 Å². The van der Waals surface area contributed by atoms with E-state index in [1.54, 1.807) is 0 Å². The minimum absolute atomic E-state index is 0.0209. The molecule has 0 aliphatic carbocycles. The molecule has 0 amide bonds. The summed E-state index contributed by atoms with van der Waals surface area (Å²) in [6.45, 7) is 30.3. The van der Waals surface area contributed by atoms with Gasteiger partial charge in [0.1, 0.15) is 0 Å². The van der Waals surface area contributed by atoms with Crippen molar-refractivity contribution in [1.82, 2.24) is 9.05 Å². The van der Waals surface area contributed by atoms with Crippen molar-refractivity contribution in [1.29, 1.82) is 0 Å². The lowest BCUT2D eigenvalue weighted by Gasteiger charge is -2.35. The van der Waals surface area contributed by atoms with E-state index in [0.717, 1.165) is 0 Å². The van der Waals surface area contributed by atoms with Crippen LogP contribution >= 0.6 is 0 Å². The van der Waals surface area contributed by atoms with Crippen molar-refractivity contribution in [2.24, 2.45) is 0 Å². The Hall–Kier alpha value is -5.28. The van der Waals surface area contributed by atoms with Gasteiger partial charge in [-0.25, -0.2) is 0 Å². The summed E-state index contributed by atoms with van der Waals surface area (Å²) in [6, 6.07) is 38.5. The van der Waals surface area contributed by atoms with E-state index in [9.17, 15) is 0 Å². The van der Waals surface area contributed by atoms with Crippen LogP contribution in [0, 0.1) is 27.7 Å². The second-order valence-electron chi connectivity index (χ2n) is 20.5. The van der Waals surface area contributed by atoms with Crippen LogP contribution in [0.4, 0.5) is 0 Å². The summed E-state index contributed by atoms with van der Waals surface area (Å²) in [5.41, 5.74) is 25.6. The van der Waals surface area contributed by atoms with Gasteiger partial charge in [0.2, 0.25) is 0 Å². The van der Waals surface area contributed by atoms with Crippen LogP contribution in [0.1, 0.15) is 101 Å². The highest BCUT2D eigenvalue weighted by Gasteiger charge is 2.43. The smallest absolute Gasteiger partial charge is 0.332 e. The maximum absolute atomic E-state index is 2.75. The maximum atomic E-state index is 2.75. The Morgan fingerprint density at radius 1 is 0.491 bits per heavy atom. The Bertz CT molecular complexity index is 3010. The highest BCUT2D eigenvalue weighted by Crippen LogP contribution is 2.48. The summed E-state index contributed by atoms with van der Waals surface area (Å²) in [6.07, 6.45) is 0. The van der Waals surface area contributed by atoms with Gasteiger partial charge >= 0.3 is 6.85 Å². The lowest BCUT2D eigenvalue weighted by atomic mass is 9.45. The first-order valence-corrected chi connectivity index (χ1v) is 21.0. The quantitative estimate of drug-likeness (QED) is 0.156. The van der Waals surface area contributed by atoms with Crippen LogP contribution < -0.4 is 10.9 Å². The van der Waals surface area contributed by atoms with Crippen LogP contribution in [0.15, 0.2) is 97.1 Å². The minimum atomic E-state index is -0.0209. The summed E-state index contributed by atoms with van der Waals surface area (Å²) in [5.74, 6) is 0. The van der Waals surface area contributed by atoms with Crippen LogP contribution in [-0.2, 0) is 16.2 Å². The van der Waals surface area contributed by atoms with E-state index >= 15 is 0 Å². The summed E-state index contributed by atoms with van der Waals surface area (Å²) < 4.78 is 5.36. The van der Waals surface area contributed by atoms with Crippen molar-refractivity contribution in [3.8, 4) is 39.1 Å². The third-order valence-corrected chi connectivity index (χ3v) is 13.4. The fraction of sp³-hybridized carbons (Fsp3) is 0.296. The van der Waals surface area contributed by atoms with Gasteiger partial charge in [-0.1, -0.05) is 129 Å². The van der Waals surface area contributed by atoms with Gasteiger partial charge in [0.15, 0.2) is 0 Å². The lowest BCUT2D eigenvalue weighted by Crippen LogP contribution is -2.56. The molecule has 2 aliphatic rings. The SMILES string of the molecule is Cc1cc(C)c(-c2c(C)n3c4c(cc(-c5ccc(C(C)(C)C)cc5)cc24)-c2cccc4c2B3c2cc(C(C)(C)C)cc3c5cc(C(C)(C)C)ccc5n-4c23)c(C)c1. The van der Waals surface area contributed by atoms with Gasteiger partial charge in [0.25, 0.3) is 0 Å². The van der Waals surface area contributed by atoms with Gasteiger partial charge in [0.05, 0.1) is 11.0 Å². The molecule has 57 heavy (non-hydrogen) atoms. The summed E-state index contributed by atoms with van der Waals surface area (Å²) in [7, 11) is 0. The molecule has 8 aromatic rings. The zero-order valence-corrected chi connectivity index (χ0v) is 36.2. The van der Waals surface area contributed by atoms with Gasteiger partial charge < -0.3 is 9.05 Å². The predicted octanol–water partition coefficient (Wildman–Crippen LogP) is 13.1. The first-order chi connectivity index (χ1) is 26.8. The molecule has 0 radical (unpaired) electrons. The number of aromatic nitrogens is 2. The van der Waals surface area contributed by atoms with E-state index < -0.39 is 0 Å². The average molecular weight is 743 g/mol. The molecule has 0 saturated carbocycles. The minimum Gasteiger partial charge on any atom is -0.379 e. The molecule has 0 N–H and O–H groups in total. The molecule has 0 atom stereocenters. The van der Waals surface area contributed by atoms with E-state index in [0.29, 0.717) is 0 Å². The number of fused-ring (bicyclic) bond motifs is 7. The summed E-state index contributed by atoms with van der Waals surface area (Å²) in [5, 5.41) is 4.05. The van der Waals surface area contributed by atoms with E-state index in [2.05, 4.69) is 196 Å². The Morgan fingerprint density at radius 2 is 1.12 bits per heavy atom. The van der Waals surface area contributed by atoms with E-state index in [4.69, 9.17) is 0 Å². The van der Waals surface area contributed by atoms with E-state index in [1.165, 1.54) is 122 Å². The first kappa shape index (κ1) is 36.1. The summed E-state index contributed by atoms with van der Waals surface area (Å²) in [4.78, 5) is 0. The highest BCUT2D eigenvalue weighted by atomic mass is 15.0. The average Bonchev–Trinajstić information content (AvgIpc) is 3.62. The first-order valence-electron chi connectivity index (χ1n) is 21.0. The molecule has 0 unspecified atom stereocenters. The lowest BCUT2D eigenvalue weighted by molar-refractivity contribution is 0.590. The Labute approximate surface area is 339 Å². The number of rotatable bonds is 2. The number of hydrogen-bond acceptors (Lipinski definition) is 0. The molecule has 2 nitrogen and oxygen atoms in total. The van der Waals surface area contributed by atoms with Crippen LogP contribution in [0.2, 0.25) is 0 Å². The molecule has 284 valence electrons. The molecular formula is C54H55BN2. The van der Waals surface area contributed by atoms with Gasteiger partial charge in [-0.3, -0.25) is 0 Å². The van der Waals surface area contributed by atoms with E-state index in [1.807, 2.05) is 0 Å². The standard InChI is InChI=1S/C54H55BN2/c1-30-23-31(2)47(32(3)24-30)48-33(4)57-50-41(25-35(26-43(48)50)34-17-19-36(20-18-34)52(5,6)7)39-15-14-16-46-49(39)55(57)44-29-38(54(11,12)13)28-42-40-27-37(53(8,9)10)21-22-45(40)56(46)51(42)44/h14-29H,1-13H3. The van der Waals surface area contributed by atoms with Crippen molar-refractivity contribution in [3.05, 3.63) is 136 Å². The topological polar surface area (TPSA) is 9.86 Å². The highest BCUT2D eigenvalue weighted by molar-refractivity contribution is 6.89. The zero-order chi connectivity index (χ0) is 40.2. The molecule has 2 aromatic heterocycles. The number of nitrogens with zero attached hydrogens (tertiary/aromatic N) is 2. The van der Waals surface area contributed by atoms with Crippen molar-refractivity contribution in [2.75, 3.05) is 0 Å². The molecule has 3 heteroatoms. The third kappa shape index (κ3) is 5.10. The number of benzene rings is 6. The second-order valence-corrected chi connectivity index (χ2v) is 20.5. The fourth-order valence-corrected chi connectivity index (χ4v) is 10.5. The van der Waals surface area contributed by atoms with Crippen molar-refractivity contribution >= 4 is 50.5 Å². The monoisotopic (exact) mass is 742 g/mol. The van der Waals surface area contributed by atoms with Gasteiger partial charge in [0, 0.05) is 44.2 Å². The Morgan fingerprint density at radius 3 is 1.77 bits per heavy atom. The normalized spacial score (nSPS) is 13.7. The largest absolute Gasteiger partial charge is 0.379 e. The zero-order valence-electron chi connectivity index (χ0n) is 36.2. The van der Waals surface area contributed by atoms with Crippen molar-refractivity contribution in [2.45, 2.75) is 106 Å². The number of aryl methyl sites for hydroxylation is 3.